The number of piperidine rings is 2. The molecule has 1 aromatic heterocycles. The predicted octanol–water partition coefficient (Wildman–Crippen LogP) is 3.93. The number of aryl methyl sites for hydroxylation is 2. The number of fused-ring (bicyclic) bond motifs is 1. The van der Waals surface area contributed by atoms with E-state index < -0.39 is 6.43 Å². The second-order valence-electron chi connectivity index (χ2n) is 10.8. The highest BCUT2D eigenvalue weighted by atomic mass is 19.3. The van der Waals surface area contributed by atoms with E-state index in [2.05, 4.69) is 33.9 Å². The summed E-state index contributed by atoms with van der Waals surface area (Å²) < 4.78 is 27.2. The first-order chi connectivity index (χ1) is 17.9. The van der Waals surface area contributed by atoms with Gasteiger partial charge in [0.15, 0.2) is 0 Å². The van der Waals surface area contributed by atoms with Crippen LogP contribution in [-0.4, -0.2) is 52.2 Å². The minimum Gasteiger partial charge on any atom is -0.348 e. The van der Waals surface area contributed by atoms with Crippen molar-refractivity contribution in [1.82, 2.24) is 25.3 Å². The summed E-state index contributed by atoms with van der Waals surface area (Å²) in [6, 6.07) is 9.65. The number of likely N-dealkylation sites (tertiary alicyclic amines) is 1. The van der Waals surface area contributed by atoms with Crippen LogP contribution < -0.4 is 10.6 Å². The minimum atomic E-state index is -2.64. The van der Waals surface area contributed by atoms with Crippen molar-refractivity contribution < 1.29 is 18.4 Å². The van der Waals surface area contributed by atoms with Crippen molar-refractivity contribution in [3.63, 3.8) is 0 Å². The van der Waals surface area contributed by atoms with Gasteiger partial charge in [-0.05, 0) is 87.4 Å². The highest BCUT2D eigenvalue weighted by Gasteiger charge is 2.35. The highest BCUT2D eigenvalue weighted by Crippen LogP contribution is 2.34. The third-order valence-corrected chi connectivity index (χ3v) is 8.51. The van der Waals surface area contributed by atoms with Gasteiger partial charge >= 0.3 is 0 Å². The maximum Gasteiger partial charge on any atom is 0.282 e. The second-order valence-corrected chi connectivity index (χ2v) is 10.8. The Morgan fingerprint density at radius 2 is 1.92 bits per heavy atom. The molecule has 5 rings (SSSR count). The van der Waals surface area contributed by atoms with E-state index in [1.54, 1.807) is 6.92 Å². The molecule has 3 unspecified atom stereocenters. The van der Waals surface area contributed by atoms with E-state index in [4.69, 9.17) is 0 Å². The number of halogens is 2. The number of alkyl halides is 2. The molecule has 9 heteroatoms. The van der Waals surface area contributed by atoms with Gasteiger partial charge in [0, 0.05) is 18.8 Å². The predicted molar refractivity (Wildman–Crippen MR) is 136 cm³/mol. The zero-order valence-electron chi connectivity index (χ0n) is 21.5. The van der Waals surface area contributed by atoms with Crippen LogP contribution in [0.3, 0.4) is 0 Å². The number of hydrogen-bond acceptors (Lipinski definition) is 4. The molecule has 1 aliphatic carbocycles. The van der Waals surface area contributed by atoms with Gasteiger partial charge in [0.2, 0.25) is 11.8 Å². The van der Waals surface area contributed by atoms with Gasteiger partial charge in [0.25, 0.3) is 6.43 Å². The van der Waals surface area contributed by atoms with Crippen LogP contribution in [0.25, 0.3) is 0 Å². The summed E-state index contributed by atoms with van der Waals surface area (Å²) in [5.41, 5.74) is 2.87. The first-order valence-corrected chi connectivity index (χ1v) is 13.6. The van der Waals surface area contributed by atoms with Crippen molar-refractivity contribution in [3.8, 4) is 0 Å². The molecule has 200 valence electrons. The largest absolute Gasteiger partial charge is 0.348 e. The number of aromatic nitrogens is 2. The van der Waals surface area contributed by atoms with Gasteiger partial charge in [-0.2, -0.15) is 5.10 Å². The lowest BCUT2D eigenvalue weighted by molar-refractivity contribution is -0.133. The first kappa shape index (κ1) is 25.8. The third kappa shape index (κ3) is 5.87. The third-order valence-electron chi connectivity index (χ3n) is 8.51. The summed E-state index contributed by atoms with van der Waals surface area (Å²) in [6.45, 7) is 3.82. The lowest BCUT2D eigenvalue weighted by atomic mass is 9.77. The van der Waals surface area contributed by atoms with Crippen LogP contribution in [0.15, 0.2) is 30.3 Å². The van der Waals surface area contributed by atoms with Crippen molar-refractivity contribution in [2.75, 3.05) is 19.6 Å². The molecular formula is C28H37F2N5O2. The average Bonchev–Trinajstić information content (AvgIpc) is 3.29. The summed E-state index contributed by atoms with van der Waals surface area (Å²) in [6.07, 6.45) is 4.17. The van der Waals surface area contributed by atoms with Crippen molar-refractivity contribution in [3.05, 3.63) is 52.8 Å². The van der Waals surface area contributed by atoms with Crippen molar-refractivity contribution in [2.24, 2.45) is 11.8 Å². The zero-order chi connectivity index (χ0) is 25.9. The van der Waals surface area contributed by atoms with Crippen LogP contribution in [0.2, 0.25) is 0 Å². The Bertz CT molecular complexity index is 1110. The molecular weight excluding hydrogens is 476 g/mol. The summed E-state index contributed by atoms with van der Waals surface area (Å²) in [5.74, 6) is 0.946. The Kier molecular flexibility index (Phi) is 7.88. The van der Waals surface area contributed by atoms with E-state index >= 15 is 0 Å². The van der Waals surface area contributed by atoms with Crippen LogP contribution in [0.4, 0.5) is 8.78 Å². The summed E-state index contributed by atoms with van der Waals surface area (Å²) in [4.78, 5) is 27.8. The average molecular weight is 514 g/mol. The lowest BCUT2D eigenvalue weighted by Gasteiger charge is -2.40. The standard InChI is InChI=1S/C28H37F2N5O2/c1-18-15-24(27(29)30)33-35(18)17-26(36)34-13-10-19(11-14-34)21-9-12-31-25(16-21)28(37)32-23-8-4-6-20-5-2-3-7-22(20)23/h2-3,5,7,15,19,21,23,25,27,31H,4,6,8-14,16-17H2,1H3,(H,32,37). The van der Waals surface area contributed by atoms with Crippen LogP contribution in [0, 0.1) is 18.8 Å². The highest BCUT2D eigenvalue weighted by molar-refractivity contribution is 5.82. The summed E-state index contributed by atoms with van der Waals surface area (Å²) in [7, 11) is 0. The molecule has 3 atom stereocenters. The molecule has 2 aromatic rings. The van der Waals surface area contributed by atoms with Crippen LogP contribution in [0.1, 0.15) is 73.5 Å². The van der Waals surface area contributed by atoms with E-state index in [0.717, 1.165) is 51.5 Å². The Morgan fingerprint density at radius 1 is 1.14 bits per heavy atom. The number of benzene rings is 1. The van der Waals surface area contributed by atoms with Gasteiger partial charge in [0.1, 0.15) is 12.2 Å². The zero-order valence-corrected chi connectivity index (χ0v) is 21.5. The Morgan fingerprint density at radius 3 is 2.68 bits per heavy atom. The number of carbonyl (C=O) groups excluding carboxylic acids is 2. The maximum absolute atomic E-state index is 13.2. The molecule has 37 heavy (non-hydrogen) atoms. The van der Waals surface area contributed by atoms with Gasteiger partial charge in [0.05, 0.1) is 12.1 Å². The second kappa shape index (κ2) is 11.3. The minimum absolute atomic E-state index is 0.0108. The fraction of sp³-hybridized carbons (Fsp3) is 0.607. The molecule has 3 heterocycles. The van der Waals surface area contributed by atoms with Gasteiger partial charge in [-0.25, -0.2) is 8.78 Å². The van der Waals surface area contributed by atoms with Crippen molar-refractivity contribution >= 4 is 11.8 Å². The number of nitrogens with zero attached hydrogens (tertiary/aromatic N) is 3. The smallest absolute Gasteiger partial charge is 0.282 e. The van der Waals surface area contributed by atoms with Crippen LogP contribution in [0.5, 0.6) is 0 Å². The molecule has 2 fully saturated rings. The van der Waals surface area contributed by atoms with E-state index in [0.29, 0.717) is 30.6 Å². The molecule has 3 aliphatic rings. The van der Waals surface area contributed by atoms with Crippen molar-refractivity contribution in [2.45, 2.75) is 76.9 Å². The van der Waals surface area contributed by atoms with E-state index in [-0.39, 0.29) is 36.1 Å². The molecule has 7 nitrogen and oxygen atoms in total. The quantitative estimate of drug-likeness (QED) is 0.614. The van der Waals surface area contributed by atoms with E-state index in [1.165, 1.54) is 21.9 Å². The Balaban J connectivity index is 1.12. The van der Waals surface area contributed by atoms with E-state index in [9.17, 15) is 18.4 Å². The number of hydrogen-bond donors (Lipinski definition) is 2. The lowest BCUT2D eigenvalue weighted by Crippen LogP contribution is -2.51. The first-order valence-electron chi connectivity index (χ1n) is 13.6. The molecule has 0 radical (unpaired) electrons. The van der Waals surface area contributed by atoms with Gasteiger partial charge in [-0.1, -0.05) is 24.3 Å². The summed E-state index contributed by atoms with van der Waals surface area (Å²) in [5, 5.41) is 10.6. The van der Waals surface area contributed by atoms with Crippen LogP contribution in [-0.2, 0) is 22.6 Å². The van der Waals surface area contributed by atoms with Gasteiger partial charge in [-0.3, -0.25) is 14.3 Å². The van der Waals surface area contributed by atoms with Crippen LogP contribution >= 0.6 is 0 Å². The summed E-state index contributed by atoms with van der Waals surface area (Å²) >= 11 is 0. The molecule has 0 bridgehead atoms. The molecule has 2 N–H and O–H groups in total. The monoisotopic (exact) mass is 513 g/mol. The number of rotatable bonds is 6. The normalized spacial score (nSPS) is 24.6. The SMILES string of the molecule is Cc1cc(C(F)F)nn1CC(=O)N1CCC(C2CCNC(C(=O)NC3CCCc4ccccc43)C2)CC1. The Hall–Kier alpha value is -2.81. The fourth-order valence-electron chi connectivity index (χ4n) is 6.40. The Labute approximate surface area is 217 Å². The molecule has 1 aromatic carbocycles. The maximum atomic E-state index is 13.2. The molecule has 0 spiro atoms. The topological polar surface area (TPSA) is 79.3 Å². The molecule has 0 saturated carbocycles. The molecule has 2 aliphatic heterocycles. The molecule has 2 amide bonds. The fourth-order valence-corrected chi connectivity index (χ4v) is 6.40. The van der Waals surface area contributed by atoms with Crippen molar-refractivity contribution in [1.29, 1.82) is 0 Å². The molecule has 2 saturated heterocycles. The number of nitrogens with one attached hydrogen (secondary N) is 2. The van der Waals surface area contributed by atoms with Gasteiger partial charge < -0.3 is 15.5 Å². The van der Waals surface area contributed by atoms with Gasteiger partial charge in [-0.15, -0.1) is 0 Å². The number of carbonyl (C=O) groups is 2. The number of amides is 2. The van der Waals surface area contributed by atoms with E-state index in [1.807, 2.05) is 11.0 Å².